The van der Waals surface area contributed by atoms with Crippen molar-refractivity contribution in [1.29, 1.82) is 0 Å². The third-order valence-electron chi connectivity index (χ3n) is 17.3. The van der Waals surface area contributed by atoms with Crippen LogP contribution in [-0.4, -0.2) is 9.97 Å². The van der Waals surface area contributed by atoms with Gasteiger partial charge in [-0.25, -0.2) is 4.98 Å². The molecule has 78 heavy (non-hydrogen) atoms. The molecule has 0 saturated heterocycles. The predicted molar refractivity (Wildman–Crippen MR) is 328 cm³/mol. The number of fused-ring (bicyclic) bond motifs is 12. The van der Waals surface area contributed by atoms with Crippen LogP contribution in [-0.2, 0) is 10.8 Å². The molecule has 0 bridgehead atoms. The third kappa shape index (κ3) is 7.31. The van der Waals surface area contributed by atoms with Crippen LogP contribution in [0.3, 0.4) is 0 Å². The van der Waals surface area contributed by atoms with Crippen molar-refractivity contribution in [2.45, 2.75) is 38.5 Å². The highest BCUT2D eigenvalue weighted by Crippen LogP contribution is 2.51. The molecule has 2 heteroatoms. The fourth-order valence-electron chi connectivity index (χ4n) is 13.1. The number of nitrogens with zero attached hydrogens (tertiary/aromatic N) is 2. The van der Waals surface area contributed by atoms with Gasteiger partial charge >= 0.3 is 0 Å². The Labute approximate surface area is 456 Å². The lowest BCUT2D eigenvalue weighted by atomic mass is 9.81. The van der Waals surface area contributed by atoms with E-state index in [2.05, 4.69) is 270 Å². The van der Waals surface area contributed by atoms with Crippen LogP contribution >= 0.6 is 0 Å². The summed E-state index contributed by atoms with van der Waals surface area (Å²) in [7, 11) is 0. The fraction of sp³-hybridized carbons (Fsp3) is 0.0789. The van der Waals surface area contributed by atoms with Crippen molar-refractivity contribution in [3.63, 3.8) is 0 Å². The Hall–Kier alpha value is -9.50. The number of hydrogen-bond donors (Lipinski definition) is 0. The molecule has 13 aromatic rings. The number of rotatable bonds is 7. The summed E-state index contributed by atoms with van der Waals surface area (Å²) in [6, 6.07) is 92.0. The van der Waals surface area contributed by atoms with Gasteiger partial charge in [-0.1, -0.05) is 228 Å². The molecule has 0 spiro atoms. The Bertz CT molecular complexity index is 4610. The van der Waals surface area contributed by atoms with E-state index in [0.717, 1.165) is 66.1 Å². The average Bonchev–Trinajstić information content (AvgIpc) is 3.91. The van der Waals surface area contributed by atoms with Crippen molar-refractivity contribution in [2.75, 3.05) is 0 Å². The zero-order valence-corrected chi connectivity index (χ0v) is 44.1. The van der Waals surface area contributed by atoms with Crippen molar-refractivity contribution in [3.8, 4) is 100 Å². The first-order valence-corrected chi connectivity index (χ1v) is 27.3. The standard InChI is InChI=1S/C76H54N2/c1-75(2)68-28-10-8-26-60(68)62-34-30-58(44-70(62)75)54-24-14-20-50(40-54)48-18-12-22-52(38-48)56-32-36-64-66(42-56)67-43-57(33-37-65(67)74-73(64)77-46-72(78-74)47-16-6-5-7-17-47)53-23-13-19-49(39-53)51-21-15-25-55(41-51)59-31-35-63-61-27-9-11-29-69(61)76(3,4)71(63)45-59/h5-46H,1-4H3. The molecule has 0 amide bonds. The topological polar surface area (TPSA) is 25.8 Å². The lowest BCUT2D eigenvalue weighted by Gasteiger charge is -2.22. The van der Waals surface area contributed by atoms with Gasteiger partial charge in [-0.3, -0.25) is 4.98 Å². The Kier molecular flexibility index (Phi) is 10.3. The molecular weight excluding hydrogens is 941 g/mol. The smallest absolute Gasteiger partial charge is 0.0979 e. The molecule has 12 aromatic carbocycles. The van der Waals surface area contributed by atoms with E-state index in [9.17, 15) is 0 Å². The summed E-state index contributed by atoms with van der Waals surface area (Å²) in [5.41, 5.74) is 28.8. The van der Waals surface area contributed by atoms with E-state index in [-0.39, 0.29) is 10.8 Å². The minimum absolute atomic E-state index is 0.0557. The van der Waals surface area contributed by atoms with E-state index in [1.54, 1.807) is 0 Å². The van der Waals surface area contributed by atoms with Gasteiger partial charge in [-0.15, -0.1) is 0 Å². The summed E-state index contributed by atoms with van der Waals surface area (Å²) in [4.78, 5) is 10.6. The van der Waals surface area contributed by atoms with Gasteiger partial charge in [0.15, 0.2) is 0 Å². The molecule has 0 radical (unpaired) electrons. The lowest BCUT2D eigenvalue weighted by Crippen LogP contribution is -2.14. The van der Waals surface area contributed by atoms with Crippen molar-refractivity contribution >= 4 is 32.6 Å². The van der Waals surface area contributed by atoms with Crippen molar-refractivity contribution < 1.29 is 0 Å². The number of benzene rings is 12. The summed E-state index contributed by atoms with van der Waals surface area (Å²) in [5.74, 6) is 0. The zero-order chi connectivity index (χ0) is 52.3. The predicted octanol–water partition coefficient (Wildman–Crippen LogP) is 20.2. The maximum Gasteiger partial charge on any atom is 0.0979 e. The summed E-state index contributed by atoms with van der Waals surface area (Å²) in [6.45, 7) is 9.41. The second-order valence-electron chi connectivity index (χ2n) is 22.5. The van der Waals surface area contributed by atoms with E-state index in [4.69, 9.17) is 9.97 Å². The number of aromatic nitrogens is 2. The molecule has 2 aliphatic carbocycles. The van der Waals surface area contributed by atoms with E-state index in [0.29, 0.717) is 0 Å². The lowest BCUT2D eigenvalue weighted by molar-refractivity contribution is 0.660. The normalized spacial score (nSPS) is 13.6. The molecule has 0 N–H and O–H groups in total. The fourth-order valence-corrected chi connectivity index (χ4v) is 13.1. The molecule has 2 aliphatic rings. The average molecular weight is 995 g/mol. The van der Waals surface area contributed by atoms with Crippen molar-refractivity contribution in [2.24, 2.45) is 0 Å². The van der Waals surface area contributed by atoms with Crippen molar-refractivity contribution in [1.82, 2.24) is 9.97 Å². The Balaban J connectivity index is 0.809. The molecule has 15 rings (SSSR count). The molecule has 1 heterocycles. The Morgan fingerprint density at radius 3 is 1.01 bits per heavy atom. The molecule has 368 valence electrons. The zero-order valence-electron chi connectivity index (χ0n) is 44.1. The highest BCUT2D eigenvalue weighted by molar-refractivity contribution is 6.24. The molecule has 0 unspecified atom stereocenters. The van der Waals surface area contributed by atoms with Gasteiger partial charge in [0.05, 0.1) is 22.9 Å². The SMILES string of the molecule is CC1(C)c2ccccc2-c2ccc(-c3cccc(-c4cccc(-c5ccc6c(c5)c5cc(-c7cccc(-c8cccc(-c9ccc%10c(c9)C(C)(C)c9ccccc9-%10)c8)c7)ccc5c5nc(-c7ccccc7)cnc65)c4)c3)cc21. The minimum atomic E-state index is -0.0566. The van der Waals surface area contributed by atoms with Gasteiger partial charge in [-0.2, -0.15) is 0 Å². The van der Waals surface area contributed by atoms with Gasteiger partial charge in [0.1, 0.15) is 0 Å². The van der Waals surface area contributed by atoms with Gasteiger partial charge in [0.2, 0.25) is 0 Å². The van der Waals surface area contributed by atoms with Gasteiger partial charge < -0.3 is 0 Å². The molecule has 1 aromatic heterocycles. The highest BCUT2D eigenvalue weighted by Gasteiger charge is 2.36. The Morgan fingerprint density at radius 1 is 0.244 bits per heavy atom. The molecular formula is C76H54N2. The van der Waals surface area contributed by atoms with E-state index >= 15 is 0 Å². The highest BCUT2D eigenvalue weighted by atomic mass is 14.8. The van der Waals surface area contributed by atoms with Gasteiger partial charge in [0.25, 0.3) is 0 Å². The van der Waals surface area contributed by atoms with Crippen LogP contribution in [0.2, 0.25) is 0 Å². The van der Waals surface area contributed by atoms with Crippen LogP contribution in [0.15, 0.2) is 255 Å². The molecule has 0 aliphatic heterocycles. The van der Waals surface area contributed by atoms with E-state index in [1.807, 2.05) is 12.3 Å². The Morgan fingerprint density at radius 2 is 0.577 bits per heavy atom. The van der Waals surface area contributed by atoms with Crippen LogP contribution < -0.4 is 0 Å². The summed E-state index contributed by atoms with van der Waals surface area (Å²) in [5, 5.41) is 4.46. The van der Waals surface area contributed by atoms with Crippen LogP contribution in [0.1, 0.15) is 49.9 Å². The first-order valence-electron chi connectivity index (χ1n) is 27.3. The second kappa shape index (κ2) is 17.5. The monoisotopic (exact) mass is 994 g/mol. The van der Waals surface area contributed by atoms with Crippen LogP contribution in [0.4, 0.5) is 0 Å². The van der Waals surface area contributed by atoms with Crippen molar-refractivity contribution in [3.05, 3.63) is 277 Å². The van der Waals surface area contributed by atoms with E-state index < -0.39 is 0 Å². The van der Waals surface area contributed by atoms with Crippen LogP contribution in [0, 0.1) is 0 Å². The molecule has 0 fully saturated rings. The quantitative estimate of drug-likeness (QED) is 0.149. The first-order chi connectivity index (χ1) is 38.1. The maximum absolute atomic E-state index is 5.38. The maximum atomic E-state index is 5.38. The minimum Gasteiger partial charge on any atom is -0.252 e. The van der Waals surface area contributed by atoms with Crippen LogP contribution in [0.25, 0.3) is 133 Å². The van der Waals surface area contributed by atoms with Gasteiger partial charge in [0, 0.05) is 27.2 Å². The van der Waals surface area contributed by atoms with Gasteiger partial charge in [-0.05, 0) is 171 Å². The molecule has 2 nitrogen and oxygen atoms in total. The third-order valence-corrected chi connectivity index (χ3v) is 17.3. The number of hydrogen-bond acceptors (Lipinski definition) is 2. The summed E-state index contributed by atoms with van der Waals surface area (Å²) >= 11 is 0. The first kappa shape index (κ1) is 45.9. The van der Waals surface area contributed by atoms with E-state index in [1.165, 1.54) is 89.0 Å². The summed E-state index contributed by atoms with van der Waals surface area (Å²) in [6.07, 6.45) is 1.93. The molecule has 0 atom stereocenters. The van der Waals surface area contributed by atoms with Crippen LogP contribution in [0.5, 0.6) is 0 Å². The largest absolute Gasteiger partial charge is 0.252 e. The summed E-state index contributed by atoms with van der Waals surface area (Å²) < 4.78 is 0. The second-order valence-corrected chi connectivity index (χ2v) is 22.5. The molecule has 0 saturated carbocycles.